The van der Waals surface area contributed by atoms with E-state index in [4.69, 9.17) is 16.7 Å². The van der Waals surface area contributed by atoms with Gasteiger partial charge in [0.15, 0.2) is 0 Å². The van der Waals surface area contributed by atoms with Crippen LogP contribution in [0.4, 0.5) is 5.69 Å². The van der Waals surface area contributed by atoms with Crippen molar-refractivity contribution in [1.82, 2.24) is 4.90 Å². The summed E-state index contributed by atoms with van der Waals surface area (Å²) in [5, 5.41) is 20.0. The minimum Gasteiger partial charge on any atom is -0.480 e. The molecule has 1 saturated heterocycles. The number of aliphatic carboxylic acids is 1. The predicted molar refractivity (Wildman–Crippen MR) is 77.9 cm³/mol. The molecule has 0 saturated carbocycles. The van der Waals surface area contributed by atoms with Gasteiger partial charge < -0.3 is 10.0 Å². The molecule has 1 N–H and O–H groups in total. The van der Waals surface area contributed by atoms with E-state index in [0.29, 0.717) is 5.75 Å². The summed E-state index contributed by atoms with van der Waals surface area (Å²) in [6.45, 7) is 0.263. The Hall–Kier alpha value is -1.80. The van der Waals surface area contributed by atoms with Crippen LogP contribution >= 0.6 is 23.4 Å². The van der Waals surface area contributed by atoms with Crippen LogP contribution < -0.4 is 0 Å². The maximum absolute atomic E-state index is 12.5. The zero-order valence-electron chi connectivity index (χ0n) is 10.7. The lowest BCUT2D eigenvalue weighted by atomic mass is 10.1. The number of amides is 1. The number of rotatable bonds is 3. The first-order valence-corrected chi connectivity index (χ1v) is 7.50. The Morgan fingerprint density at radius 3 is 2.81 bits per heavy atom. The Balaban J connectivity index is 2.36. The molecule has 21 heavy (non-hydrogen) atoms. The molecule has 0 aromatic heterocycles. The van der Waals surface area contributed by atoms with Crippen molar-refractivity contribution in [3.05, 3.63) is 38.9 Å². The number of halogens is 1. The number of non-ortho nitro benzene ring substituents is 1. The second kappa shape index (κ2) is 6.31. The summed E-state index contributed by atoms with van der Waals surface area (Å²) in [6, 6.07) is 2.58. The molecule has 1 amide bonds. The smallest absolute Gasteiger partial charge is 0.327 e. The Morgan fingerprint density at radius 2 is 2.19 bits per heavy atom. The first-order chi connectivity index (χ1) is 9.91. The SMILES string of the molecule is O=C(O)C1CSCCN1C(=O)c1cc([N+](=O)[O-])ccc1Cl. The Kier molecular flexibility index (Phi) is 4.69. The number of hydrogen-bond donors (Lipinski definition) is 1. The highest BCUT2D eigenvalue weighted by atomic mass is 35.5. The second-order valence-electron chi connectivity index (χ2n) is 4.35. The number of carbonyl (C=O) groups is 2. The molecule has 0 radical (unpaired) electrons. The van der Waals surface area contributed by atoms with E-state index < -0.39 is 22.8 Å². The third-order valence-corrected chi connectivity index (χ3v) is 4.42. The van der Waals surface area contributed by atoms with Gasteiger partial charge in [-0.1, -0.05) is 11.6 Å². The molecule has 1 fully saturated rings. The van der Waals surface area contributed by atoms with Gasteiger partial charge in [0.25, 0.3) is 11.6 Å². The maximum atomic E-state index is 12.5. The van der Waals surface area contributed by atoms with E-state index in [1.165, 1.54) is 28.8 Å². The van der Waals surface area contributed by atoms with Crippen LogP contribution in [0.1, 0.15) is 10.4 Å². The van der Waals surface area contributed by atoms with Gasteiger partial charge in [-0.2, -0.15) is 11.8 Å². The van der Waals surface area contributed by atoms with E-state index in [0.717, 1.165) is 6.07 Å². The zero-order valence-corrected chi connectivity index (χ0v) is 12.3. The van der Waals surface area contributed by atoms with Gasteiger partial charge >= 0.3 is 5.97 Å². The van der Waals surface area contributed by atoms with Crippen molar-refractivity contribution in [3.63, 3.8) is 0 Å². The predicted octanol–water partition coefficient (Wildman–Crippen LogP) is 1.89. The highest BCUT2D eigenvalue weighted by molar-refractivity contribution is 7.99. The molecule has 1 aromatic rings. The molecule has 7 nitrogen and oxygen atoms in total. The fourth-order valence-corrected chi connectivity index (χ4v) is 3.23. The molecule has 0 aliphatic carbocycles. The molecule has 1 unspecified atom stereocenters. The molecule has 0 bridgehead atoms. The molecule has 2 rings (SSSR count). The Morgan fingerprint density at radius 1 is 1.48 bits per heavy atom. The van der Waals surface area contributed by atoms with Crippen LogP contribution in [0.2, 0.25) is 5.02 Å². The number of thioether (sulfide) groups is 1. The number of hydrogen-bond acceptors (Lipinski definition) is 5. The molecule has 0 spiro atoms. The standard InChI is InChI=1S/C12H11ClN2O5S/c13-9-2-1-7(15(19)20)5-8(9)11(16)14-3-4-21-6-10(14)12(17)18/h1-2,5,10H,3-4,6H2,(H,17,18). The largest absolute Gasteiger partial charge is 0.480 e. The van der Waals surface area contributed by atoms with Crippen LogP contribution in [-0.2, 0) is 4.79 Å². The van der Waals surface area contributed by atoms with Crippen molar-refractivity contribution in [2.45, 2.75) is 6.04 Å². The summed E-state index contributed by atoms with van der Waals surface area (Å²) >= 11 is 7.36. The van der Waals surface area contributed by atoms with Crippen LogP contribution in [-0.4, -0.2) is 50.9 Å². The lowest BCUT2D eigenvalue weighted by Gasteiger charge is -2.32. The lowest BCUT2D eigenvalue weighted by molar-refractivity contribution is -0.384. The van der Waals surface area contributed by atoms with Gasteiger partial charge in [-0.15, -0.1) is 0 Å². The number of benzene rings is 1. The van der Waals surface area contributed by atoms with Gasteiger partial charge in [-0.3, -0.25) is 14.9 Å². The number of carboxylic acids is 1. The molecule has 9 heteroatoms. The van der Waals surface area contributed by atoms with E-state index in [-0.39, 0.29) is 28.6 Å². The fraction of sp³-hybridized carbons (Fsp3) is 0.333. The molecular weight excluding hydrogens is 320 g/mol. The summed E-state index contributed by atoms with van der Waals surface area (Å²) in [6.07, 6.45) is 0. The topological polar surface area (TPSA) is 101 Å². The van der Waals surface area contributed by atoms with E-state index >= 15 is 0 Å². The van der Waals surface area contributed by atoms with Gasteiger partial charge in [-0.25, -0.2) is 4.79 Å². The van der Waals surface area contributed by atoms with E-state index in [2.05, 4.69) is 0 Å². The molecule has 1 aliphatic rings. The number of carbonyl (C=O) groups excluding carboxylic acids is 1. The summed E-state index contributed by atoms with van der Waals surface area (Å²) < 4.78 is 0. The zero-order chi connectivity index (χ0) is 15.6. The highest BCUT2D eigenvalue weighted by Crippen LogP contribution is 2.26. The monoisotopic (exact) mass is 330 g/mol. The fourth-order valence-electron chi connectivity index (χ4n) is 2.00. The van der Waals surface area contributed by atoms with E-state index in [1.807, 2.05) is 0 Å². The minimum atomic E-state index is -1.10. The quantitative estimate of drug-likeness (QED) is 0.671. The molecule has 1 aromatic carbocycles. The summed E-state index contributed by atoms with van der Waals surface area (Å²) in [5.41, 5.74) is -0.315. The molecule has 1 heterocycles. The molecule has 112 valence electrons. The first kappa shape index (κ1) is 15.6. The summed E-state index contributed by atoms with van der Waals surface area (Å²) in [4.78, 5) is 35.0. The van der Waals surface area contributed by atoms with Crippen LogP contribution in [0.25, 0.3) is 0 Å². The average Bonchev–Trinajstić information content (AvgIpc) is 2.46. The van der Waals surface area contributed by atoms with Gasteiger partial charge in [0.05, 0.1) is 15.5 Å². The van der Waals surface area contributed by atoms with Crippen molar-refractivity contribution < 1.29 is 19.6 Å². The minimum absolute atomic E-state index is 0.0518. The van der Waals surface area contributed by atoms with Crippen LogP contribution in [0.3, 0.4) is 0 Å². The molecule has 1 aliphatic heterocycles. The number of nitro benzene ring substituents is 1. The van der Waals surface area contributed by atoms with Crippen molar-refractivity contribution in [2.75, 3.05) is 18.1 Å². The normalized spacial score (nSPS) is 18.3. The highest BCUT2D eigenvalue weighted by Gasteiger charge is 2.34. The van der Waals surface area contributed by atoms with Crippen molar-refractivity contribution in [3.8, 4) is 0 Å². The Bertz CT molecular complexity index is 609. The number of carboxylic acid groups (broad SMARTS) is 1. The number of nitro groups is 1. The van der Waals surface area contributed by atoms with E-state index in [1.54, 1.807) is 0 Å². The van der Waals surface area contributed by atoms with Crippen molar-refractivity contribution in [2.24, 2.45) is 0 Å². The van der Waals surface area contributed by atoms with Gasteiger partial charge in [-0.05, 0) is 6.07 Å². The number of nitrogens with zero attached hydrogens (tertiary/aromatic N) is 2. The van der Waals surface area contributed by atoms with Crippen LogP contribution in [0, 0.1) is 10.1 Å². The Labute approximate surface area is 129 Å². The van der Waals surface area contributed by atoms with Gasteiger partial charge in [0, 0.05) is 30.2 Å². The first-order valence-electron chi connectivity index (χ1n) is 5.97. The van der Waals surface area contributed by atoms with Crippen molar-refractivity contribution in [1.29, 1.82) is 0 Å². The summed E-state index contributed by atoms with van der Waals surface area (Å²) in [5.74, 6) is -0.802. The van der Waals surface area contributed by atoms with Gasteiger partial charge in [0.1, 0.15) is 6.04 Å². The van der Waals surface area contributed by atoms with Crippen LogP contribution in [0.15, 0.2) is 18.2 Å². The molecule has 1 atom stereocenters. The van der Waals surface area contributed by atoms with Gasteiger partial charge in [0.2, 0.25) is 0 Å². The average molecular weight is 331 g/mol. The summed E-state index contributed by atoms with van der Waals surface area (Å²) in [7, 11) is 0. The van der Waals surface area contributed by atoms with Crippen LogP contribution in [0.5, 0.6) is 0 Å². The third-order valence-electron chi connectivity index (χ3n) is 3.07. The second-order valence-corrected chi connectivity index (χ2v) is 5.91. The lowest BCUT2D eigenvalue weighted by Crippen LogP contribution is -2.50. The third kappa shape index (κ3) is 3.27. The van der Waals surface area contributed by atoms with Crippen molar-refractivity contribution >= 4 is 40.9 Å². The van der Waals surface area contributed by atoms with E-state index in [9.17, 15) is 19.7 Å². The molecular formula is C12H11ClN2O5S. The maximum Gasteiger partial charge on any atom is 0.327 e.